The van der Waals surface area contributed by atoms with Crippen molar-refractivity contribution in [2.75, 3.05) is 18.0 Å². The molecule has 2 fully saturated rings. The van der Waals surface area contributed by atoms with Crippen LogP contribution in [0.15, 0.2) is 29.1 Å². The third kappa shape index (κ3) is 3.19. The Morgan fingerprint density at radius 3 is 2.66 bits per heavy atom. The monoisotopic (exact) mass is 412 g/mol. The molecule has 1 atom stereocenters. The number of anilines is 1. The van der Waals surface area contributed by atoms with Gasteiger partial charge in [0.15, 0.2) is 0 Å². The van der Waals surface area contributed by atoms with E-state index < -0.39 is 5.82 Å². The van der Waals surface area contributed by atoms with Crippen LogP contribution >= 0.6 is 11.6 Å². The number of nitrogens with zero attached hydrogens (tertiary/aromatic N) is 4. The molecule has 2 aromatic heterocycles. The van der Waals surface area contributed by atoms with Gasteiger partial charge in [0.25, 0.3) is 5.56 Å². The predicted octanol–water partition coefficient (Wildman–Crippen LogP) is 4.33. The Bertz CT molecular complexity index is 1190. The van der Waals surface area contributed by atoms with Crippen molar-refractivity contribution in [3.05, 3.63) is 51.3 Å². The second-order valence-corrected chi connectivity index (χ2v) is 8.64. The number of hydrogen-bond donors (Lipinski definition) is 0. The number of rotatable bonds is 3. The molecule has 7 heteroatoms. The highest BCUT2D eigenvalue weighted by Crippen LogP contribution is 2.42. The zero-order chi connectivity index (χ0) is 20.3. The summed E-state index contributed by atoms with van der Waals surface area (Å²) in [5.41, 5.74) is 0.916. The zero-order valence-corrected chi connectivity index (χ0v) is 17.2. The quantitative estimate of drug-likeness (QED) is 0.642. The molecule has 5 rings (SSSR count). The fraction of sp³-hybridized carbons (Fsp3) is 0.409. The molecule has 1 aromatic carbocycles. The van der Waals surface area contributed by atoms with Crippen molar-refractivity contribution in [3.8, 4) is 11.3 Å². The van der Waals surface area contributed by atoms with Gasteiger partial charge in [0.1, 0.15) is 17.5 Å². The Kier molecular flexibility index (Phi) is 4.35. The topological polar surface area (TPSA) is 51.0 Å². The lowest BCUT2D eigenvalue weighted by molar-refractivity contribution is 0.514. The Labute approximate surface area is 173 Å². The molecule has 0 amide bonds. The summed E-state index contributed by atoms with van der Waals surface area (Å²) in [6, 6.07) is 6.32. The smallest absolute Gasteiger partial charge is 0.263 e. The third-order valence-electron chi connectivity index (χ3n) is 6.29. The summed E-state index contributed by atoms with van der Waals surface area (Å²) < 4.78 is 16.3. The van der Waals surface area contributed by atoms with Crippen LogP contribution in [0.2, 0.25) is 5.02 Å². The standard InChI is InChI=1S/C22H22ClFN4O/c1-12-25-18-10-19(28-8-7-14(11-28)13-3-4-13)26-21(20(18)22(29)27(12)2)16-6-5-15(23)9-17(16)24/h5-6,9-10,13-14H,3-4,7-8,11H2,1-2H3/t14-/m0/s1. The van der Waals surface area contributed by atoms with Crippen molar-refractivity contribution >= 4 is 28.3 Å². The third-order valence-corrected chi connectivity index (χ3v) is 6.53. The first-order valence-electron chi connectivity index (χ1n) is 10.0. The van der Waals surface area contributed by atoms with Crippen LogP contribution in [0.25, 0.3) is 22.2 Å². The van der Waals surface area contributed by atoms with Gasteiger partial charge in [-0.15, -0.1) is 0 Å². The summed E-state index contributed by atoms with van der Waals surface area (Å²) >= 11 is 5.94. The molecule has 3 aromatic rings. The van der Waals surface area contributed by atoms with Crippen molar-refractivity contribution in [1.82, 2.24) is 14.5 Å². The lowest BCUT2D eigenvalue weighted by Gasteiger charge is -2.20. The van der Waals surface area contributed by atoms with E-state index in [1.807, 2.05) is 6.07 Å². The van der Waals surface area contributed by atoms with Crippen LogP contribution in [0.1, 0.15) is 25.1 Å². The highest BCUT2D eigenvalue weighted by Gasteiger charge is 2.36. The van der Waals surface area contributed by atoms with Crippen LogP contribution in [-0.4, -0.2) is 27.6 Å². The van der Waals surface area contributed by atoms with Gasteiger partial charge >= 0.3 is 0 Å². The Hall–Kier alpha value is -2.47. The summed E-state index contributed by atoms with van der Waals surface area (Å²) in [5, 5.41) is 0.640. The van der Waals surface area contributed by atoms with Gasteiger partial charge in [0.05, 0.1) is 16.6 Å². The van der Waals surface area contributed by atoms with Gasteiger partial charge in [-0.25, -0.2) is 14.4 Å². The van der Waals surface area contributed by atoms with Crippen LogP contribution in [-0.2, 0) is 7.05 Å². The lowest BCUT2D eigenvalue weighted by Crippen LogP contribution is -2.24. The number of halogens is 2. The Balaban J connectivity index is 1.72. The summed E-state index contributed by atoms with van der Waals surface area (Å²) in [6.45, 7) is 3.67. The number of benzene rings is 1. The van der Waals surface area contributed by atoms with Crippen LogP contribution < -0.4 is 10.5 Å². The number of aromatic nitrogens is 3. The van der Waals surface area contributed by atoms with Crippen molar-refractivity contribution in [1.29, 1.82) is 0 Å². The first-order chi connectivity index (χ1) is 13.9. The molecule has 29 heavy (non-hydrogen) atoms. The Morgan fingerprint density at radius 2 is 1.93 bits per heavy atom. The zero-order valence-electron chi connectivity index (χ0n) is 16.5. The SMILES string of the molecule is Cc1nc2cc(N3CC[C@H](C4CC4)C3)nc(-c3ccc(Cl)cc3F)c2c(=O)n1C. The first kappa shape index (κ1) is 18.6. The van der Waals surface area contributed by atoms with Gasteiger partial charge in [0, 0.05) is 36.8 Å². The minimum atomic E-state index is -0.497. The summed E-state index contributed by atoms with van der Waals surface area (Å²) in [4.78, 5) is 24.7. The average molecular weight is 413 g/mol. The second kappa shape index (κ2) is 6.80. The van der Waals surface area contributed by atoms with E-state index in [9.17, 15) is 9.18 Å². The molecule has 0 bridgehead atoms. The summed E-state index contributed by atoms with van der Waals surface area (Å²) in [6.07, 6.45) is 3.79. The maximum absolute atomic E-state index is 14.8. The highest BCUT2D eigenvalue weighted by atomic mass is 35.5. The molecule has 0 N–H and O–H groups in total. The molecule has 150 valence electrons. The lowest BCUT2D eigenvalue weighted by atomic mass is 10.0. The van der Waals surface area contributed by atoms with Crippen LogP contribution in [0.5, 0.6) is 0 Å². The number of hydrogen-bond acceptors (Lipinski definition) is 4. The van der Waals surface area contributed by atoms with Gasteiger partial charge in [-0.05, 0) is 56.2 Å². The fourth-order valence-electron chi connectivity index (χ4n) is 4.37. The predicted molar refractivity (Wildman–Crippen MR) is 113 cm³/mol. The van der Waals surface area contributed by atoms with Crippen molar-refractivity contribution in [3.63, 3.8) is 0 Å². The molecule has 3 heterocycles. The van der Waals surface area contributed by atoms with Crippen molar-refractivity contribution in [2.45, 2.75) is 26.2 Å². The van der Waals surface area contributed by atoms with E-state index in [0.29, 0.717) is 33.4 Å². The largest absolute Gasteiger partial charge is 0.356 e. The van der Waals surface area contributed by atoms with Crippen LogP contribution in [0.3, 0.4) is 0 Å². The average Bonchev–Trinajstić information content (AvgIpc) is 3.42. The van der Waals surface area contributed by atoms with Crippen molar-refractivity contribution < 1.29 is 4.39 Å². The first-order valence-corrected chi connectivity index (χ1v) is 10.4. The molecule has 0 radical (unpaired) electrons. The van der Waals surface area contributed by atoms with E-state index in [4.69, 9.17) is 16.6 Å². The number of fused-ring (bicyclic) bond motifs is 1. The molecule has 5 nitrogen and oxygen atoms in total. The molecular weight excluding hydrogens is 391 g/mol. The summed E-state index contributed by atoms with van der Waals surface area (Å²) in [7, 11) is 1.67. The van der Waals surface area contributed by atoms with E-state index in [0.717, 1.165) is 31.2 Å². The molecule has 0 spiro atoms. The van der Waals surface area contributed by atoms with Gasteiger partial charge in [-0.2, -0.15) is 0 Å². The van der Waals surface area contributed by atoms with Gasteiger partial charge < -0.3 is 4.90 Å². The van der Waals surface area contributed by atoms with E-state index in [2.05, 4.69) is 9.88 Å². The Morgan fingerprint density at radius 1 is 1.14 bits per heavy atom. The van der Waals surface area contributed by atoms with E-state index in [-0.39, 0.29) is 11.1 Å². The molecular formula is C22H22ClFN4O. The van der Waals surface area contributed by atoms with Crippen LogP contribution in [0.4, 0.5) is 10.2 Å². The molecule has 1 saturated heterocycles. The van der Waals surface area contributed by atoms with Gasteiger partial charge in [-0.1, -0.05) is 11.6 Å². The molecule has 1 aliphatic heterocycles. The van der Waals surface area contributed by atoms with E-state index in [1.165, 1.54) is 23.5 Å². The minimum absolute atomic E-state index is 0.229. The maximum Gasteiger partial charge on any atom is 0.263 e. The van der Waals surface area contributed by atoms with Crippen LogP contribution in [0, 0.1) is 24.6 Å². The minimum Gasteiger partial charge on any atom is -0.356 e. The van der Waals surface area contributed by atoms with E-state index in [1.54, 1.807) is 26.1 Å². The highest BCUT2D eigenvalue weighted by molar-refractivity contribution is 6.30. The maximum atomic E-state index is 14.8. The number of aryl methyl sites for hydroxylation is 1. The van der Waals surface area contributed by atoms with Gasteiger partial charge in [-0.3, -0.25) is 9.36 Å². The van der Waals surface area contributed by atoms with E-state index >= 15 is 0 Å². The molecule has 1 saturated carbocycles. The summed E-state index contributed by atoms with van der Waals surface area (Å²) in [5.74, 6) is 2.40. The molecule has 2 aliphatic rings. The van der Waals surface area contributed by atoms with Gasteiger partial charge in [0.2, 0.25) is 0 Å². The second-order valence-electron chi connectivity index (χ2n) is 8.20. The molecule has 0 unspecified atom stereocenters. The molecule has 1 aliphatic carbocycles. The normalized spacial score (nSPS) is 19.3. The number of pyridine rings is 1. The fourth-order valence-corrected chi connectivity index (χ4v) is 4.53. The van der Waals surface area contributed by atoms with Crippen molar-refractivity contribution in [2.24, 2.45) is 18.9 Å².